The van der Waals surface area contributed by atoms with Crippen LogP contribution in [0.25, 0.3) is 21.5 Å². The van der Waals surface area contributed by atoms with E-state index in [0.29, 0.717) is 39.7 Å². The number of rotatable bonds is 5. The van der Waals surface area contributed by atoms with E-state index in [9.17, 15) is 18.4 Å². The van der Waals surface area contributed by atoms with E-state index >= 15 is 0 Å². The monoisotopic (exact) mass is 457 g/mol. The van der Waals surface area contributed by atoms with Crippen molar-refractivity contribution in [2.75, 3.05) is 27.2 Å². The summed E-state index contributed by atoms with van der Waals surface area (Å²) in [6.45, 7) is 0.797. The van der Waals surface area contributed by atoms with Gasteiger partial charge in [-0.1, -0.05) is 30.3 Å². The second-order valence-electron chi connectivity index (χ2n) is 8.53. The molecule has 0 atom stereocenters. The van der Waals surface area contributed by atoms with Crippen LogP contribution in [0.1, 0.15) is 26.3 Å². The molecule has 1 heterocycles. The predicted molar refractivity (Wildman–Crippen MR) is 129 cm³/mol. The van der Waals surface area contributed by atoms with Crippen molar-refractivity contribution in [2.45, 2.75) is 0 Å². The van der Waals surface area contributed by atoms with Gasteiger partial charge in [-0.05, 0) is 60.8 Å². The molecule has 0 aliphatic carbocycles. The first-order valence-corrected chi connectivity index (χ1v) is 10.8. The number of carbonyl (C=O) groups is 2. The third kappa shape index (κ3) is 3.64. The Labute approximate surface area is 194 Å². The van der Waals surface area contributed by atoms with Crippen molar-refractivity contribution in [3.63, 3.8) is 0 Å². The van der Waals surface area contributed by atoms with Gasteiger partial charge in [0.15, 0.2) is 11.6 Å². The Morgan fingerprint density at radius 1 is 0.882 bits per heavy atom. The molecule has 5 nitrogen and oxygen atoms in total. The average Bonchev–Trinajstić information content (AvgIpc) is 2.81. The molecule has 0 aromatic heterocycles. The molecule has 1 aliphatic heterocycles. The number of halogens is 2. The number of nitrogens with zero attached hydrogens (tertiary/aromatic N) is 3. The maximum atomic E-state index is 13.7. The number of hydrogen-bond acceptors (Lipinski definition) is 4. The maximum absolute atomic E-state index is 13.7. The molecule has 2 amide bonds. The van der Waals surface area contributed by atoms with E-state index in [2.05, 4.69) is 4.99 Å². The molecule has 4 aromatic rings. The molecular weight excluding hydrogens is 436 g/mol. The summed E-state index contributed by atoms with van der Waals surface area (Å²) in [4.78, 5) is 34.6. The van der Waals surface area contributed by atoms with E-state index in [1.54, 1.807) is 12.1 Å². The number of carbonyl (C=O) groups excluding carboxylic acids is 2. The first kappa shape index (κ1) is 21.9. The molecule has 7 heteroatoms. The van der Waals surface area contributed by atoms with Crippen molar-refractivity contribution in [1.29, 1.82) is 0 Å². The fourth-order valence-electron chi connectivity index (χ4n) is 4.32. The van der Waals surface area contributed by atoms with Gasteiger partial charge in [0.1, 0.15) is 0 Å². The third-order valence-corrected chi connectivity index (χ3v) is 5.98. The molecule has 0 unspecified atom stereocenters. The zero-order chi connectivity index (χ0) is 24.0. The molecule has 170 valence electrons. The molecule has 1 aliphatic rings. The lowest BCUT2D eigenvalue weighted by molar-refractivity contribution is 0.0602. The Balaban J connectivity index is 1.73. The van der Waals surface area contributed by atoms with Gasteiger partial charge in [-0.2, -0.15) is 0 Å². The van der Waals surface area contributed by atoms with E-state index < -0.39 is 11.6 Å². The zero-order valence-corrected chi connectivity index (χ0v) is 18.7. The number of benzene rings is 4. The van der Waals surface area contributed by atoms with Crippen LogP contribution < -0.4 is 0 Å². The summed E-state index contributed by atoms with van der Waals surface area (Å²) < 4.78 is 26.9. The highest BCUT2D eigenvalue weighted by Crippen LogP contribution is 2.39. The lowest BCUT2D eigenvalue weighted by atomic mass is 9.89. The van der Waals surface area contributed by atoms with Gasteiger partial charge in [0.25, 0.3) is 11.8 Å². The standard InChI is InChI=1S/C27H21F2N3O2/c1-31(2)11-12-32-26(33)19-7-3-5-17-14-18-6-4-8-22(24(18)25(23(17)19)27(32)34)30-15-16-9-10-20(28)21(29)13-16/h3-10,13-15H,11-12H2,1-2H3. The van der Waals surface area contributed by atoms with Gasteiger partial charge in [-0.3, -0.25) is 19.5 Å². The number of likely N-dealkylation sites (N-methyl/N-ethyl adjacent to an activating group) is 1. The van der Waals surface area contributed by atoms with Crippen LogP contribution in [0, 0.1) is 11.6 Å². The number of amides is 2. The third-order valence-electron chi connectivity index (χ3n) is 5.98. The van der Waals surface area contributed by atoms with Gasteiger partial charge in [0, 0.05) is 35.6 Å². The molecule has 0 fully saturated rings. The average molecular weight is 457 g/mol. The fraction of sp³-hybridized carbons (Fsp3) is 0.148. The van der Waals surface area contributed by atoms with E-state index in [4.69, 9.17) is 0 Å². The minimum atomic E-state index is -0.960. The SMILES string of the molecule is CN(C)CCN1C(=O)c2cccc3cc4cccc(N=Cc5ccc(F)c(F)c5)c4c(c23)C1=O. The molecule has 0 N–H and O–H groups in total. The smallest absolute Gasteiger partial charge is 0.262 e. The first-order valence-electron chi connectivity index (χ1n) is 10.8. The summed E-state index contributed by atoms with van der Waals surface area (Å²) in [7, 11) is 3.77. The van der Waals surface area contributed by atoms with Crippen molar-refractivity contribution in [2.24, 2.45) is 4.99 Å². The summed E-state index contributed by atoms with van der Waals surface area (Å²) >= 11 is 0. The number of hydrogen-bond donors (Lipinski definition) is 0. The van der Waals surface area contributed by atoms with Crippen molar-refractivity contribution in [3.8, 4) is 0 Å². The topological polar surface area (TPSA) is 53.0 Å². The van der Waals surface area contributed by atoms with Gasteiger partial charge in [-0.25, -0.2) is 8.78 Å². The maximum Gasteiger partial charge on any atom is 0.262 e. The Hall–Kier alpha value is -3.97. The van der Waals surface area contributed by atoms with E-state index in [0.717, 1.165) is 22.9 Å². The van der Waals surface area contributed by atoms with Crippen LogP contribution in [0.3, 0.4) is 0 Å². The van der Waals surface area contributed by atoms with Crippen LogP contribution in [0.5, 0.6) is 0 Å². The second kappa shape index (κ2) is 8.43. The molecule has 0 bridgehead atoms. The fourth-order valence-corrected chi connectivity index (χ4v) is 4.32. The first-order chi connectivity index (χ1) is 16.3. The van der Waals surface area contributed by atoms with Gasteiger partial charge in [-0.15, -0.1) is 0 Å². The second-order valence-corrected chi connectivity index (χ2v) is 8.53. The van der Waals surface area contributed by atoms with Crippen LogP contribution in [0.2, 0.25) is 0 Å². The number of aliphatic imine (C=N–C) groups is 1. The van der Waals surface area contributed by atoms with Crippen molar-refractivity contribution < 1.29 is 18.4 Å². The Bertz CT molecular complexity index is 1510. The molecule has 0 saturated carbocycles. The van der Waals surface area contributed by atoms with Gasteiger partial charge >= 0.3 is 0 Å². The quantitative estimate of drug-likeness (QED) is 0.236. The largest absolute Gasteiger partial charge is 0.308 e. The summed E-state index contributed by atoms with van der Waals surface area (Å²) in [6.07, 6.45) is 1.43. The van der Waals surface area contributed by atoms with Gasteiger partial charge in [0.2, 0.25) is 0 Å². The van der Waals surface area contributed by atoms with Crippen LogP contribution in [0.4, 0.5) is 14.5 Å². The molecular formula is C27H21F2N3O2. The highest BCUT2D eigenvalue weighted by molar-refractivity contribution is 6.31. The van der Waals surface area contributed by atoms with E-state index in [1.807, 2.05) is 49.3 Å². The number of imide groups is 1. The van der Waals surface area contributed by atoms with Crippen molar-refractivity contribution in [3.05, 3.63) is 89.0 Å². The summed E-state index contributed by atoms with van der Waals surface area (Å²) in [5, 5.41) is 2.83. The highest BCUT2D eigenvalue weighted by Gasteiger charge is 2.34. The summed E-state index contributed by atoms with van der Waals surface area (Å²) in [5.41, 5.74) is 1.80. The van der Waals surface area contributed by atoms with Gasteiger partial charge < -0.3 is 4.90 Å². The molecule has 0 saturated heterocycles. The molecule has 0 radical (unpaired) electrons. The minimum absolute atomic E-state index is 0.261. The normalized spacial score (nSPS) is 13.7. The summed E-state index contributed by atoms with van der Waals surface area (Å²) in [5.74, 6) is -2.57. The van der Waals surface area contributed by atoms with Gasteiger partial charge in [0.05, 0.1) is 11.3 Å². The van der Waals surface area contributed by atoms with Crippen LogP contribution in [-0.2, 0) is 0 Å². The minimum Gasteiger partial charge on any atom is -0.308 e. The molecule has 34 heavy (non-hydrogen) atoms. The Morgan fingerprint density at radius 2 is 1.62 bits per heavy atom. The van der Waals surface area contributed by atoms with Crippen LogP contribution in [-0.4, -0.2) is 55.0 Å². The summed E-state index contributed by atoms with van der Waals surface area (Å²) in [6, 6.07) is 16.4. The van der Waals surface area contributed by atoms with Crippen LogP contribution >= 0.6 is 0 Å². The zero-order valence-electron chi connectivity index (χ0n) is 18.7. The van der Waals surface area contributed by atoms with Crippen molar-refractivity contribution >= 4 is 45.3 Å². The van der Waals surface area contributed by atoms with E-state index in [1.165, 1.54) is 17.2 Å². The highest BCUT2D eigenvalue weighted by atomic mass is 19.2. The van der Waals surface area contributed by atoms with Crippen LogP contribution in [0.15, 0.2) is 65.7 Å². The van der Waals surface area contributed by atoms with E-state index in [-0.39, 0.29) is 18.4 Å². The molecule has 4 aromatic carbocycles. The van der Waals surface area contributed by atoms with Crippen molar-refractivity contribution in [1.82, 2.24) is 9.80 Å². The Kier molecular flexibility index (Phi) is 5.42. The Morgan fingerprint density at radius 3 is 2.35 bits per heavy atom. The lowest BCUT2D eigenvalue weighted by Crippen LogP contribution is -2.43. The number of fused-ring (bicyclic) bond motifs is 2. The lowest BCUT2D eigenvalue weighted by Gasteiger charge is -2.29. The predicted octanol–water partition coefficient (Wildman–Crippen LogP) is 5.18. The molecule has 0 spiro atoms. The molecule has 5 rings (SSSR count).